The molecular weight excluding hydrogens is 429 g/mol. The van der Waals surface area contributed by atoms with E-state index in [0.717, 1.165) is 58.9 Å². The molecule has 2 rings (SSSR count). The van der Waals surface area contributed by atoms with Crippen LogP contribution in [0.15, 0.2) is 0 Å². The summed E-state index contributed by atoms with van der Waals surface area (Å²) < 4.78 is 1.51. The highest BCUT2D eigenvalue weighted by Gasteiger charge is 2.24. The van der Waals surface area contributed by atoms with Crippen LogP contribution < -0.4 is 0 Å². The maximum Gasteiger partial charge on any atom is 0.228 e. The third kappa shape index (κ3) is 8.67. The Kier molecular flexibility index (Phi) is 12.0. The summed E-state index contributed by atoms with van der Waals surface area (Å²) in [5.41, 5.74) is 0. The summed E-state index contributed by atoms with van der Waals surface area (Å²) in [6, 6.07) is 0. The van der Waals surface area contributed by atoms with Gasteiger partial charge in [0.15, 0.2) is 0 Å². The van der Waals surface area contributed by atoms with Crippen LogP contribution in [0.5, 0.6) is 0 Å². The zero-order valence-corrected chi connectivity index (χ0v) is 19.9. The fourth-order valence-electron chi connectivity index (χ4n) is 3.48. The van der Waals surface area contributed by atoms with Gasteiger partial charge in [-0.1, -0.05) is 99.3 Å². The monoisotopic (exact) mass is 460 g/mol. The molecule has 0 atom stereocenters. The van der Waals surface area contributed by atoms with E-state index in [1.165, 1.54) is 38.5 Å². The van der Waals surface area contributed by atoms with Crippen molar-refractivity contribution in [1.82, 2.24) is 9.80 Å². The number of carbonyl (C=O) groups excluding carboxylic acids is 2. The first kappa shape index (κ1) is 24.1. The lowest BCUT2D eigenvalue weighted by Gasteiger charge is -2.14. The average molecular weight is 461 g/mol. The van der Waals surface area contributed by atoms with Crippen molar-refractivity contribution in [3.05, 3.63) is 0 Å². The second-order valence-electron chi connectivity index (χ2n) is 7.36. The Morgan fingerprint density at radius 2 is 0.964 bits per heavy atom. The molecule has 158 valence electrons. The van der Waals surface area contributed by atoms with Gasteiger partial charge < -0.3 is 0 Å². The molecule has 0 bridgehead atoms. The highest BCUT2D eigenvalue weighted by atomic mass is 32.2. The molecule has 2 saturated heterocycles. The summed E-state index contributed by atoms with van der Waals surface area (Å²) in [5.74, 6) is 2.32. The van der Waals surface area contributed by atoms with Gasteiger partial charge in [-0.25, -0.2) is 0 Å². The molecule has 0 radical (unpaired) electrons. The Balaban J connectivity index is 1.33. The van der Waals surface area contributed by atoms with Crippen molar-refractivity contribution in [2.24, 2.45) is 0 Å². The van der Waals surface area contributed by atoms with Gasteiger partial charge in [0.25, 0.3) is 0 Å². The van der Waals surface area contributed by atoms with E-state index < -0.39 is 0 Å². The number of thioether (sulfide) groups is 2. The molecule has 0 N–H and O–H groups in total. The average Bonchev–Trinajstić information content (AvgIpc) is 3.30. The van der Waals surface area contributed by atoms with E-state index in [4.69, 9.17) is 24.4 Å². The first-order valence-corrected chi connectivity index (χ1v) is 13.3. The summed E-state index contributed by atoms with van der Waals surface area (Å²) in [4.78, 5) is 27.6. The van der Waals surface area contributed by atoms with E-state index in [9.17, 15) is 9.59 Å². The molecular formula is C20H32N2O2S4. The van der Waals surface area contributed by atoms with Gasteiger partial charge >= 0.3 is 0 Å². The van der Waals surface area contributed by atoms with Crippen molar-refractivity contribution in [1.29, 1.82) is 0 Å². The quantitative estimate of drug-likeness (QED) is 0.271. The lowest BCUT2D eigenvalue weighted by Crippen LogP contribution is -2.30. The van der Waals surface area contributed by atoms with Crippen molar-refractivity contribution in [2.75, 3.05) is 24.6 Å². The van der Waals surface area contributed by atoms with Gasteiger partial charge in [0.05, 0.1) is 0 Å². The third-order valence-electron chi connectivity index (χ3n) is 5.16. The SMILES string of the molecule is O=C(CCCCCCCCCCCCC(=O)N1CCSC1=S)N1CCSC1=S. The van der Waals surface area contributed by atoms with Gasteiger partial charge in [-0.2, -0.15) is 0 Å². The Morgan fingerprint density at radius 3 is 1.25 bits per heavy atom. The standard InChI is InChI=1S/C20H32N2O2S4/c23-17(21-13-15-27-19(21)25)11-9-7-5-3-1-2-4-6-8-10-12-18(24)22-14-16-28-20(22)26/h1-16H2. The second-order valence-corrected chi connectivity index (χ2v) is 10.8. The number of hydrogen-bond donors (Lipinski definition) is 0. The molecule has 2 aliphatic rings. The fraction of sp³-hybridized carbons (Fsp3) is 0.800. The van der Waals surface area contributed by atoms with Crippen LogP contribution in [0.25, 0.3) is 0 Å². The number of amides is 2. The minimum atomic E-state index is 0.207. The Bertz CT molecular complexity index is 508. The lowest BCUT2D eigenvalue weighted by molar-refractivity contribution is -0.127. The van der Waals surface area contributed by atoms with E-state index in [1.807, 2.05) is 0 Å². The van der Waals surface area contributed by atoms with Crippen LogP contribution in [0.3, 0.4) is 0 Å². The predicted molar refractivity (Wildman–Crippen MR) is 129 cm³/mol. The smallest absolute Gasteiger partial charge is 0.228 e. The van der Waals surface area contributed by atoms with Gasteiger partial charge in [0, 0.05) is 37.4 Å². The highest BCUT2D eigenvalue weighted by Crippen LogP contribution is 2.21. The molecule has 0 spiro atoms. The molecule has 0 saturated carbocycles. The largest absolute Gasteiger partial charge is 0.297 e. The summed E-state index contributed by atoms with van der Waals surface area (Å²) in [6.07, 6.45) is 13.0. The van der Waals surface area contributed by atoms with E-state index >= 15 is 0 Å². The lowest BCUT2D eigenvalue weighted by atomic mass is 10.0. The Labute approximate surface area is 188 Å². The summed E-state index contributed by atoms with van der Waals surface area (Å²) in [5, 5.41) is 0. The fourth-order valence-corrected chi connectivity index (χ4v) is 5.96. The molecule has 0 aliphatic carbocycles. The number of carbonyl (C=O) groups is 2. The molecule has 2 heterocycles. The predicted octanol–water partition coefficient (Wildman–Crippen LogP) is 5.39. The Hall–Kier alpha value is -0.180. The third-order valence-corrected chi connectivity index (χ3v) is 8.01. The van der Waals surface area contributed by atoms with Crippen molar-refractivity contribution >= 4 is 68.4 Å². The molecule has 2 aliphatic heterocycles. The van der Waals surface area contributed by atoms with E-state index in [1.54, 1.807) is 33.3 Å². The van der Waals surface area contributed by atoms with E-state index in [0.29, 0.717) is 12.8 Å². The molecule has 0 aromatic carbocycles. The minimum Gasteiger partial charge on any atom is -0.297 e. The van der Waals surface area contributed by atoms with Crippen LogP contribution in [0.4, 0.5) is 0 Å². The van der Waals surface area contributed by atoms with Gasteiger partial charge in [0.1, 0.15) is 8.64 Å². The van der Waals surface area contributed by atoms with Crippen molar-refractivity contribution < 1.29 is 9.59 Å². The maximum atomic E-state index is 12.0. The normalized spacial score (nSPS) is 17.0. The zero-order chi connectivity index (χ0) is 20.2. The number of rotatable bonds is 13. The van der Waals surface area contributed by atoms with Crippen LogP contribution >= 0.6 is 48.0 Å². The molecule has 2 amide bonds. The van der Waals surface area contributed by atoms with Crippen LogP contribution in [0, 0.1) is 0 Å². The summed E-state index contributed by atoms with van der Waals surface area (Å²) >= 11 is 13.6. The van der Waals surface area contributed by atoms with Gasteiger partial charge in [0.2, 0.25) is 11.8 Å². The van der Waals surface area contributed by atoms with Crippen LogP contribution in [-0.2, 0) is 9.59 Å². The number of hydrogen-bond acceptors (Lipinski definition) is 6. The molecule has 0 unspecified atom stereocenters. The molecule has 2 fully saturated rings. The second kappa shape index (κ2) is 13.9. The van der Waals surface area contributed by atoms with Gasteiger partial charge in [-0.3, -0.25) is 19.4 Å². The zero-order valence-electron chi connectivity index (χ0n) is 16.7. The van der Waals surface area contributed by atoms with Crippen molar-refractivity contribution in [3.8, 4) is 0 Å². The topological polar surface area (TPSA) is 40.6 Å². The number of unbranched alkanes of at least 4 members (excludes halogenated alkanes) is 9. The summed E-state index contributed by atoms with van der Waals surface area (Å²) in [7, 11) is 0. The molecule has 0 aromatic heterocycles. The van der Waals surface area contributed by atoms with Crippen molar-refractivity contribution in [3.63, 3.8) is 0 Å². The van der Waals surface area contributed by atoms with E-state index in [2.05, 4.69) is 0 Å². The number of thiocarbonyl (C=S) groups is 2. The van der Waals surface area contributed by atoms with Crippen LogP contribution in [0.2, 0.25) is 0 Å². The van der Waals surface area contributed by atoms with Crippen LogP contribution in [0.1, 0.15) is 77.0 Å². The first-order valence-electron chi connectivity index (χ1n) is 10.5. The van der Waals surface area contributed by atoms with Gasteiger partial charge in [-0.15, -0.1) is 0 Å². The Morgan fingerprint density at radius 1 is 0.643 bits per heavy atom. The van der Waals surface area contributed by atoms with Gasteiger partial charge in [-0.05, 0) is 12.8 Å². The maximum absolute atomic E-state index is 12.0. The number of nitrogens with zero attached hydrogens (tertiary/aromatic N) is 2. The summed E-state index contributed by atoms with van der Waals surface area (Å²) in [6.45, 7) is 1.59. The van der Waals surface area contributed by atoms with Crippen LogP contribution in [-0.4, -0.2) is 54.9 Å². The minimum absolute atomic E-state index is 0.207. The van der Waals surface area contributed by atoms with Crippen molar-refractivity contribution in [2.45, 2.75) is 77.0 Å². The molecule has 28 heavy (non-hydrogen) atoms. The molecule has 8 heteroatoms. The molecule has 0 aromatic rings. The van der Waals surface area contributed by atoms with E-state index in [-0.39, 0.29) is 11.8 Å². The molecule has 4 nitrogen and oxygen atoms in total. The highest BCUT2D eigenvalue weighted by molar-refractivity contribution is 8.23. The first-order chi connectivity index (χ1) is 13.6.